The van der Waals surface area contributed by atoms with Gasteiger partial charge in [-0.1, -0.05) is 36.0 Å². The number of ether oxygens (including phenoxy) is 1. The minimum atomic E-state index is -3.90. The predicted molar refractivity (Wildman–Crippen MR) is 106 cm³/mol. The van der Waals surface area contributed by atoms with Crippen LogP contribution in [0.4, 0.5) is 5.69 Å². The molecule has 1 amide bonds. The summed E-state index contributed by atoms with van der Waals surface area (Å²) < 4.78 is 30.2. The molecule has 0 heterocycles. The van der Waals surface area contributed by atoms with Gasteiger partial charge < -0.3 is 10.1 Å². The van der Waals surface area contributed by atoms with E-state index >= 15 is 0 Å². The Kier molecular flexibility index (Phi) is 5.70. The molecule has 0 radical (unpaired) electrons. The average Bonchev–Trinajstić information content (AvgIpc) is 3.15. The fourth-order valence-corrected chi connectivity index (χ4v) is 5.77. The molecule has 0 saturated heterocycles. The summed E-state index contributed by atoms with van der Waals surface area (Å²) in [6.45, 7) is 0. The normalized spacial score (nSPS) is 16.1. The van der Waals surface area contributed by atoms with Crippen LogP contribution in [0.25, 0.3) is 0 Å². The summed E-state index contributed by atoms with van der Waals surface area (Å²) >= 11 is 12.1. The van der Waals surface area contributed by atoms with Crippen LogP contribution in [-0.2, 0) is 14.6 Å². The van der Waals surface area contributed by atoms with Gasteiger partial charge in [0, 0.05) is 11.1 Å². The van der Waals surface area contributed by atoms with Gasteiger partial charge in [-0.15, -0.1) is 0 Å². The number of carbonyl (C=O) groups is 1. The van der Waals surface area contributed by atoms with Crippen molar-refractivity contribution in [3.8, 4) is 5.75 Å². The standard InChI is InChI=1S/C19H19Cl2NO4S/c1-26-14-6-9-17(16(21)12-14)22-18(23)19(10-2-3-11-19)27(24,25)15-7-4-13(20)5-8-15/h4-9,12H,2-3,10-11H2,1H3,(H,22,23). The topological polar surface area (TPSA) is 72.5 Å². The first-order valence-electron chi connectivity index (χ1n) is 8.45. The van der Waals surface area contributed by atoms with Crippen molar-refractivity contribution in [3.05, 3.63) is 52.5 Å². The van der Waals surface area contributed by atoms with Crippen molar-refractivity contribution in [1.29, 1.82) is 0 Å². The summed E-state index contributed by atoms with van der Waals surface area (Å²) in [5.41, 5.74) is 0.347. The van der Waals surface area contributed by atoms with Crippen LogP contribution in [0.5, 0.6) is 5.75 Å². The Morgan fingerprint density at radius 1 is 1.07 bits per heavy atom. The molecular formula is C19H19Cl2NO4S. The fourth-order valence-electron chi connectivity index (χ4n) is 3.36. The summed E-state index contributed by atoms with van der Waals surface area (Å²) in [5, 5.41) is 3.41. The minimum Gasteiger partial charge on any atom is -0.497 e. The molecule has 0 unspecified atom stereocenters. The number of amides is 1. The quantitative estimate of drug-likeness (QED) is 0.748. The SMILES string of the molecule is COc1ccc(NC(=O)C2(S(=O)(=O)c3ccc(Cl)cc3)CCCC2)c(Cl)c1. The number of hydrogen-bond acceptors (Lipinski definition) is 4. The summed E-state index contributed by atoms with van der Waals surface area (Å²) in [6.07, 6.45) is 1.85. The van der Waals surface area contributed by atoms with Crippen LogP contribution in [0.3, 0.4) is 0 Å². The molecule has 1 saturated carbocycles. The summed E-state index contributed by atoms with van der Waals surface area (Å²) in [6, 6.07) is 10.7. The Bertz CT molecular complexity index is 952. The van der Waals surface area contributed by atoms with E-state index in [4.69, 9.17) is 27.9 Å². The predicted octanol–water partition coefficient (Wildman–Crippen LogP) is 4.73. The average molecular weight is 428 g/mol. The Morgan fingerprint density at radius 3 is 2.26 bits per heavy atom. The van der Waals surface area contributed by atoms with Gasteiger partial charge in [0.25, 0.3) is 0 Å². The van der Waals surface area contributed by atoms with Gasteiger partial charge in [0.2, 0.25) is 5.91 Å². The van der Waals surface area contributed by atoms with E-state index in [-0.39, 0.29) is 22.8 Å². The van der Waals surface area contributed by atoms with Gasteiger partial charge in [0.15, 0.2) is 14.6 Å². The van der Waals surface area contributed by atoms with Gasteiger partial charge in [0.1, 0.15) is 5.75 Å². The van der Waals surface area contributed by atoms with Crippen LogP contribution < -0.4 is 10.1 Å². The second kappa shape index (κ2) is 7.70. The minimum absolute atomic E-state index is 0.0878. The van der Waals surface area contributed by atoms with Crippen molar-refractivity contribution in [2.45, 2.75) is 35.3 Å². The second-order valence-electron chi connectivity index (χ2n) is 6.46. The van der Waals surface area contributed by atoms with E-state index in [1.807, 2.05) is 0 Å². The van der Waals surface area contributed by atoms with Gasteiger partial charge >= 0.3 is 0 Å². The highest BCUT2D eigenvalue weighted by Gasteiger charge is 2.53. The zero-order chi connectivity index (χ0) is 19.7. The smallest absolute Gasteiger partial charge is 0.246 e. The maximum absolute atomic E-state index is 13.3. The van der Waals surface area contributed by atoms with Crippen LogP contribution in [0.1, 0.15) is 25.7 Å². The lowest BCUT2D eigenvalue weighted by Gasteiger charge is -2.28. The first-order chi connectivity index (χ1) is 12.8. The molecule has 1 aliphatic carbocycles. The molecular weight excluding hydrogens is 409 g/mol. The molecule has 1 aliphatic rings. The van der Waals surface area contributed by atoms with E-state index in [1.165, 1.54) is 31.4 Å². The highest BCUT2D eigenvalue weighted by Crippen LogP contribution is 2.42. The lowest BCUT2D eigenvalue weighted by molar-refractivity contribution is -0.118. The highest BCUT2D eigenvalue weighted by molar-refractivity contribution is 7.93. The third-order valence-corrected chi connectivity index (χ3v) is 7.97. The molecule has 0 aliphatic heterocycles. The Hall–Kier alpha value is -1.76. The van der Waals surface area contributed by atoms with E-state index in [1.54, 1.807) is 18.2 Å². The van der Waals surface area contributed by atoms with E-state index < -0.39 is 20.5 Å². The van der Waals surface area contributed by atoms with Crippen LogP contribution in [0.2, 0.25) is 10.0 Å². The monoisotopic (exact) mass is 427 g/mol. The van der Waals surface area contributed by atoms with Crippen LogP contribution >= 0.6 is 23.2 Å². The number of anilines is 1. The molecule has 2 aromatic rings. The van der Waals surface area contributed by atoms with Crippen molar-refractivity contribution >= 4 is 44.6 Å². The van der Waals surface area contributed by atoms with Crippen molar-refractivity contribution in [3.63, 3.8) is 0 Å². The molecule has 0 atom stereocenters. The fraction of sp³-hybridized carbons (Fsp3) is 0.316. The number of benzene rings is 2. The van der Waals surface area contributed by atoms with Gasteiger partial charge in [0.05, 0.1) is 22.7 Å². The van der Waals surface area contributed by atoms with Crippen molar-refractivity contribution in [1.82, 2.24) is 0 Å². The maximum atomic E-state index is 13.3. The van der Waals surface area contributed by atoms with Crippen LogP contribution in [0, 0.1) is 0 Å². The molecule has 2 aromatic carbocycles. The third kappa shape index (κ3) is 3.66. The molecule has 27 heavy (non-hydrogen) atoms. The first kappa shape index (κ1) is 20.0. The van der Waals surface area contributed by atoms with Crippen molar-refractivity contribution < 1.29 is 17.9 Å². The van der Waals surface area contributed by atoms with Gasteiger partial charge in [-0.2, -0.15) is 0 Å². The lowest BCUT2D eigenvalue weighted by Crippen LogP contribution is -2.47. The number of rotatable bonds is 5. The molecule has 8 heteroatoms. The number of hydrogen-bond donors (Lipinski definition) is 1. The van der Waals surface area contributed by atoms with Crippen molar-refractivity contribution in [2.24, 2.45) is 0 Å². The molecule has 0 bridgehead atoms. The Balaban J connectivity index is 1.97. The number of carbonyl (C=O) groups excluding carboxylic acids is 1. The van der Waals surface area contributed by atoms with E-state index in [0.717, 1.165) is 0 Å². The molecule has 5 nitrogen and oxygen atoms in total. The molecule has 0 aromatic heterocycles. The molecule has 1 fully saturated rings. The molecule has 3 rings (SSSR count). The van der Waals surface area contributed by atoms with E-state index in [9.17, 15) is 13.2 Å². The summed E-state index contributed by atoms with van der Waals surface area (Å²) in [5.74, 6) is -0.0237. The van der Waals surface area contributed by atoms with Crippen LogP contribution in [-0.4, -0.2) is 26.2 Å². The van der Waals surface area contributed by atoms with Crippen molar-refractivity contribution in [2.75, 3.05) is 12.4 Å². The van der Waals surface area contributed by atoms with Gasteiger partial charge in [-0.25, -0.2) is 8.42 Å². The maximum Gasteiger partial charge on any atom is 0.246 e. The van der Waals surface area contributed by atoms with Gasteiger partial charge in [-0.3, -0.25) is 4.79 Å². The highest BCUT2D eigenvalue weighted by atomic mass is 35.5. The number of halogens is 2. The number of nitrogens with one attached hydrogen (secondary N) is 1. The van der Waals surface area contributed by atoms with Gasteiger partial charge in [-0.05, 0) is 49.2 Å². The Labute approximate surface area is 168 Å². The number of sulfone groups is 1. The largest absolute Gasteiger partial charge is 0.497 e. The van der Waals surface area contributed by atoms with E-state index in [0.29, 0.717) is 29.3 Å². The first-order valence-corrected chi connectivity index (χ1v) is 10.7. The van der Waals surface area contributed by atoms with Crippen LogP contribution in [0.15, 0.2) is 47.4 Å². The lowest BCUT2D eigenvalue weighted by atomic mass is 10.1. The van der Waals surface area contributed by atoms with E-state index in [2.05, 4.69) is 5.32 Å². The molecule has 0 spiro atoms. The molecule has 144 valence electrons. The zero-order valence-corrected chi connectivity index (χ0v) is 17.0. The molecule has 1 N–H and O–H groups in total. The second-order valence-corrected chi connectivity index (χ2v) is 9.56. The Morgan fingerprint density at radius 2 is 1.70 bits per heavy atom. The summed E-state index contributed by atoms with van der Waals surface area (Å²) in [7, 11) is -2.39. The number of methoxy groups -OCH3 is 1. The third-order valence-electron chi connectivity index (χ3n) is 4.89. The summed E-state index contributed by atoms with van der Waals surface area (Å²) in [4.78, 5) is 13.2. The zero-order valence-electron chi connectivity index (χ0n) is 14.7.